The van der Waals surface area contributed by atoms with E-state index in [1.165, 1.54) is 25.0 Å². The Labute approximate surface area is 109 Å². The van der Waals surface area contributed by atoms with Crippen LogP contribution in [0.25, 0.3) is 11.0 Å². The lowest BCUT2D eigenvalue weighted by Crippen LogP contribution is -2.29. The van der Waals surface area contributed by atoms with Crippen LogP contribution in [-0.2, 0) is 0 Å². The summed E-state index contributed by atoms with van der Waals surface area (Å²) >= 11 is 0. The van der Waals surface area contributed by atoms with Gasteiger partial charge in [-0.2, -0.15) is 0 Å². The van der Waals surface area contributed by atoms with E-state index in [0.29, 0.717) is 17.5 Å². The van der Waals surface area contributed by atoms with Crippen molar-refractivity contribution < 1.29 is 4.92 Å². The summed E-state index contributed by atoms with van der Waals surface area (Å²) in [6.07, 6.45) is 2.37. The molecule has 7 heteroatoms. The molecule has 7 nitrogen and oxygen atoms in total. The number of benzene rings is 1. The van der Waals surface area contributed by atoms with Crippen molar-refractivity contribution in [3.05, 3.63) is 28.3 Å². The first-order chi connectivity index (χ1) is 9.22. The predicted octanol–water partition coefficient (Wildman–Crippen LogP) is 1.63. The van der Waals surface area contributed by atoms with Crippen LogP contribution < -0.4 is 10.6 Å². The Balaban J connectivity index is 1.75. The standard InChI is InChI=1S/C12H15N5O2/c18-17(19)9-3-4-10-11(6-9)16-12(15-10)14-7-8-2-1-5-13-8/h3-4,6,8,13H,1-2,5,7H2,(H2,14,15,16)/t8-/m0/s1. The lowest BCUT2D eigenvalue weighted by Gasteiger charge is -2.09. The SMILES string of the molecule is O=[N+]([O-])c1ccc2nc(NC[C@@H]3CCCN3)[nH]c2c1. The maximum Gasteiger partial charge on any atom is 0.271 e. The van der Waals surface area contributed by atoms with E-state index in [0.717, 1.165) is 18.6 Å². The number of fused-ring (bicyclic) bond motifs is 1. The van der Waals surface area contributed by atoms with Crippen LogP contribution in [0.2, 0.25) is 0 Å². The van der Waals surface area contributed by atoms with Crippen LogP contribution in [0.15, 0.2) is 18.2 Å². The molecule has 2 heterocycles. The lowest BCUT2D eigenvalue weighted by molar-refractivity contribution is -0.384. The molecule has 0 amide bonds. The number of nitrogens with zero attached hydrogens (tertiary/aromatic N) is 2. The van der Waals surface area contributed by atoms with E-state index in [2.05, 4.69) is 20.6 Å². The molecule has 1 aliphatic heterocycles. The molecule has 0 aliphatic carbocycles. The summed E-state index contributed by atoms with van der Waals surface area (Å²) in [5.41, 5.74) is 1.48. The number of aromatic nitrogens is 2. The number of aromatic amines is 1. The van der Waals surface area contributed by atoms with Gasteiger partial charge in [0.2, 0.25) is 5.95 Å². The van der Waals surface area contributed by atoms with Gasteiger partial charge in [-0.3, -0.25) is 10.1 Å². The number of anilines is 1. The monoisotopic (exact) mass is 261 g/mol. The number of imidazole rings is 1. The summed E-state index contributed by atoms with van der Waals surface area (Å²) in [5, 5.41) is 17.3. The van der Waals surface area contributed by atoms with E-state index in [9.17, 15) is 10.1 Å². The smallest absolute Gasteiger partial charge is 0.271 e. The molecular weight excluding hydrogens is 246 g/mol. The van der Waals surface area contributed by atoms with Gasteiger partial charge in [0.1, 0.15) is 0 Å². The Morgan fingerprint density at radius 2 is 2.42 bits per heavy atom. The van der Waals surface area contributed by atoms with Gasteiger partial charge in [-0.05, 0) is 25.5 Å². The highest BCUT2D eigenvalue weighted by Gasteiger charge is 2.14. The molecule has 100 valence electrons. The molecule has 3 rings (SSSR count). The van der Waals surface area contributed by atoms with Gasteiger partial charge in [0, 0.05) is 24.7 Å². The number of hydrogen-bond acceptors (Lipinski definition) is 5. The molecule has 0 saturated carbocycles. The third-order valence-corrected chi connectivity index (χ3v) is 3.35. The van der Waals surface area contributed by atoms with Gasteiger partial charge < -0.3 is 15.6 Å². The van der Waals surface area contributed by atoms with Crippen LogP contribution in [0.1, 0.15) is 12.8 Å². The van der Waals surface area contributed by atoms with Crippen molar-refractivity contribution in [2.24, 2.45) is 0 Å². The minimum absolute atomic E-state index is 0.0696. The Bertz CT molecular complexity index is 603. The Hall–Kier alpha value is -2.15. The minimum Gasteiger partial charge on any atom is -0.354 e. The highest BCUT2D eigenvalue weighted by molar-refractivity contribution is 5.79. The van der Waals surface area contributed by atoms with E-state index in [1.54, 1.807) is 6.07 Å². The lowest BCUT2D eigenvalue weighted by atomic mass is 10.2. The fourth-order valence-electron chi connectivity index (χ4n) is 2.35. The van der Waals surface area contributed by atoms with Gasteiger partial charge in [-0.25, -0.2) is 4.98 Å². The Kier molecular flexibility index (Phi) is 3.04. The van der Waals surface area contributed by atoms with Crippen molar-refractivity contribution in [1.82, 2.24) is 15.3 Å². The molecule has 1 aromatic carbocycles. The zero-order valence-electron chi connectivity index (χ0n) is 10.3. The molecule has 1 saturated heterocycles. The fraction of sp³-hybridized carbons (Fsp3) is 0.417. The van der Waals surface area contributed by atoms with Crippen molar-refractivity contribution in [3.8, 4) is 0 Å². The zero-order chi connectivity index (χ0) is 13.2. The van der Waals surface area contributed by atoms with Gasteiger partial charge in [0.15, 0.2) is 0 Å². The summed E-state index contributed by atoms with van der Waals surface area (Å²) in [5.74, 6) is 0.657. The molecular formula is C12H15N5O2. The topological polar surface area (TPSA) is 95.9 Å². The number of nitro groups is 1. The van der Waals surface area contributed by atoms with Crippen LogP contribution >= 0.6 is 0 Å². The number of nitrogens with one attached hydrogen (secondary N) is 3. The predicted molar refractivity (Wildman–Crippen MR) is 72.3 cm³/mol. The molecule has 2 aromatic rings. The minimum atomic E-state index is -0.407. The average molecular weight is 261 g/mol. The fourth-order valence-corrected chi connectivity index (χ4v) is 2.35. The maximum absolute atomic E-state index is 10.7. The number of non-ortho nitro benzene ring substituents is 1. The molecule has 19 heavy (non-hydrogen) atoms. The van der Waals surface area contributed by atoms with E-state index < -0.39 is 4.92 Å². The molecule has 0 radical (unpaired) electrons. The van der Waals surface area contributed by atoms with Crippen molar-refractivity contribution >= 4 is 22.7 Å². The van der Waals surface area contributed by atoms with E-state index in [1.807, 2.05) is 0 Å². The molecule has 1 fully saturated rings. The summed E-state index contributed by atoms with van der Waals surface area (Å²) < 4.78 is 0. The molecule has 0 bridgehead atoms. The van der Waals surface area contributed by atoms with Crippen molar-refractivity contribution in [2.45, 2.75) is 18.9 Å². The quantitative estimate of drug-likeness (QED) is 0.574. The van der Waals surface area contributed by atoms with Gasteiger partial charge in [0.25, 0.3) is 5.69 Å². The van der Waals surface area contributed by atoms with Crippen molar-refractivity contribution in [1.29, 1.82) is 0 Å². The first-order valence-corrected chi connectivity index (χ1v) is 6.34. The van der Waals surface area contributed by atoms with Gasteiger partial charge >= 0.3 is 0 Å². The normalized spacial score (nSPS) is 18.8. The maximum atomic E-state index is 10.7. The van der Waals surface area contributed by atoms with E-state index in [4.69, 9.17) is 0 Å². The summed E-state index contributed by atoms with van der Waals surface area (Å²) in [7, 11) is 0. The second-order valence-corrected chi connectivity index (χ2v) is 4.72. The Morgan fingerprint density at radius 1 is 1.53 bits per heavy atom. The molecule has 3 N–H and O–H groups in total. The molecule has 1 aliphatic rings. The second kappa shape index (κ2) is 4.85. The largest absolute Gasteiger partial charge is 0.354 e. The van der Waals surface area contributed by atoms with Gasteiger partial charge in [0.05, 0.1) is 16.0 Å². The molecule has 1 aromatic heterocycles. The van der Waals surface area contributed by atoms with Crippen molar-refractivity contribution in [2.75, 3.05) is 18.4 Å². The third-order valence-electron chi connectivity index (χ3n) is 3.35. The molecule has 0 spiro atoms. The first kappa shape index (κ1) is 11.9. The van der Waals surface area contributed by atoms with Gasteiger partial charge in [-0.15, -0.1) is 0 Å². The average Bonchev–Trinajstić information content (AvgIpc) is 3.04. The first-order valence-electron chi connectivity index (χ1n) is 6.34. The summed E-state index contributed by atoms with van der Waals surface area (Å²) in [6, 6.07) is 5.10. The molecule has 1 atom stereocenters. The van der Waals surface area contributed by atoms with Crippen LogP contribution in [-0.4, -0.2) is 34.0 Å². The van der Waals surface area contributed by atoms with Crippen LogP contribution in [0.4, 0.5) is 11.6 Å². The van der Waals surface area contributed by atoms with Crippen molar-refractivity contribution in [3.63, 3.8) is 0 Å². The number of hydrogen-bond donors (Lipinski definition) is 3. The highest BCUT2D eigenvalue weighted by Crippen LogP contribution is 2.20. The summed E-state index contributed by atoms with van der Waals surface area (Å²) in [4.78, 5) is 17.7. The number of nitro benzene ring substituents is 1. The van der Waals surface area contributed by atoms with Crippen LogP contribution in [0.3, 0.4) is 0 Å². The molecule has 0 unspecified atom stereocenters. The van der Waals surface area contributed by atoms with Crippen LogP contribution in [0, 0.1) is 10.1 Å². The third kappa shape index (κ3) is 2.50. The second-order valence-electron chi connectivity index (χ2n) is 4.72. The summed E-state index contributed by atoms with van der Waals surface area (Å²) in [6.45, 7) is 1.88. The van der Waals surface area contributed by atoms with E-state index >= 15 is 0 Å². The van der Waals surface area contributed by atoms with Crippen LogP contribution in [0.5, 0.6) is 0 Å². The van der Waals surface area contributed by atoms with E-state index in [-0.39, 0.29) is 5.69 Å². The highest BCUT2D eigenvalue weighted by atomic mass is 16.6. The number of H-pyrrole nitrogens is 1. The zero-order valence-corrected chi connectivity index (χ0v) is 10.3. The number of rotatable bonds is 4. The Morgan fingerprint density at radius 3 is 3.16 bits per heavy atom. The van der Waals surface area contributed by atoms with Gasteiger partial charge in [-0.1, -0.05) is 0 Å².